The minimum atomic E-state index is -0.931. The van der Waals surface area contributed by atoms with Crippen LogP contribution in [0.2, 0.25) is 0 Å². The van der Waals surface area contributed by atoms with E-state index in [1.165, 1.54) is 0 Å². The summed E-state index contributed by atoms with van der Waals surface area (Å²) in [6.07, 6.45) is -0.931. The summed E-state index contributed by atoms with van der Waals surface area (Å²) < 4.78 is 10.9. The highest BCUT2D eigenvalue weighted by Gasteiger charge is 2.23. The molecule has 178 valence electrons. The molecule has 0 spiro atoms. The summed E-state index contributed by atoms with van der Waals surface area (Å²) in [5.74, 6) is -0.0740. The average molecular weight is 468 g/mol. The monoisotopic (exact) mass is 467 g/mol. The van der Waals surface area contributed by atoms with E-state index in [9.17, 15) is 9.59 Å². The summed E-state index contributed by atoms with van der Waals surface area (Å²) in [5, 5.41) is 0.670. The quantitative estimate of drug-likeness (QED) is 0.235. The SMILES string of the molecule is COc1ccc(-c2cc(C(=O)O[C@H](C)C(=O)c3ccc(C(C)(C)C)cc3)c3ccccc3n2)cc1. The lowest BCUT2D eigenvalue weighted by molar-refractivity contribution is 0.0320. The number of carbonyl (C=O) groups excluding carboxylic acids is 2. The maximum absolute atomic E-state index is 13.3. The van der Waals surface area contributed by atoms with Crippen molar-refractivity contribution in [1.82, 2.24) is 4.98 Å². The summed E-state index contributed by atoms with van der Waals surface area (Å²) in [4.78, 5) is 31.0. The van der Waals surface area contributed by atoms with Crippen molar-refractivity contribution in [3.8, 4) is 17.0 Å². The fourth-order valence-electron chi connectivity index (χ4n) is 3.90. The van der Waals surface area contributed by atoms with Crippen LogP contribution < -0.4 is 4.74 Å². The van der Waals surface area contributed by atoms with Gasteiger partial charge in [0.1, 0.15) is 5.75 Å². The zero-order valence-electron chi connectivity index (χ0n) is 20.7. The normalized spacial score (nSPS) is 12.3. The largest absolute Gasteiger partial charge is 0.497 e. The molecule has 5 heteroatoms. The lowest BCUT2D eigenvalue weighted by Crippen LogP contribution is -2.25. The van der Waals surface area contributed by atoms with Crippen LogP contribution in [0.25, 0.3) is 22.2 Å². The van der Waals surface area contributed by atoms with Gasteiger partial charge in [-0.25, -0.2) is 9.78 Å². The van der Waals surface area contributed by atoms with E-state index in [4.69, 9.17) is 14.5 Å². The second-order valence-corrected chi connectivity index (χ2v) is 9.54. The molecule has 35 heavy (non-hydrogen) atoms. The molecular formula is C30H29NO4. The second kappa shape index (κ2) is 9.71. The second-order valence-electron chi connectivity index (χ2n) is 9.54. The Morgan fingerprint density at radius 1 is 0.886 bits per heavy atom. The van der Waals surface area contributed by atoms with Gasteiger partial charge in [-0.1, -0.05) is 63.2 Å². The van der Waals surface area contributed by atoms with Crippen LogP contribution in [0.15, 0.2) is 78.9 Å². The van der Waals surface area contributed by atoms with Crippen molar-refractivity contribution < 1.29 is 19.1 Å². The topological polar surface area (TPSA) is 65.5 Å². The standard InChI is InChI=1S/C30H29NO4/c1-19(28(32)21-10-14-22(15-11-21)30(2,3)4)35-29(33)25-18-27(20-12-16-23(34-5)17-13-20)31-26-9-7-6-8-24(25)26/h6-19H,1-5H3/t19-/m1/s1. The molecular weight excluding hydrogens is 438 g/mol. The van der Waals surface area contributed by atoms with E-state index in [0.717, 1.165) is 16.9 Å². The van der Waals surface area contributed by atoms with Gasteiger partial charge in [0.25, 0.3) is 0 Å². The Morgan fingerprint density at radius 2 is 1.54 bits per heavy atom. The molecule has 0 fully saturated rings. The van der Waals surface area contributed by atoms with Crippen LogP contribution in [0, 0.1) is 0 Å². The first-order valence-corrected chi connectivity index (χ1v) is 11.6. The smallest absolute Gasteiger partial charge is 0.339 e. The predicted molar refractivity (Wildman–Crippen MR) is 138 cm³/mol. The van der Waals surface area contributed by atoms with Crippen molar-refractivity contribution in [2.75, 3.05) is 7.11 Å². The van der Waals surface area contributed by atoms with Gasteiger partial charge in [0.05, 0.1) is 23.9 Å². The van der Waals surface area contributed by atoms with E-state index in [1.807, 2.05) is 60.7 Å². The van der Waals surface area contributed by atoms with E-state index in [0.29, 0.717) is 27.7 Å². The molecule has 0 aliphatic rings. The van der Waals surface area contributed by atoms with Gasteiger partial charge in [-0.3, -0.25) is 4.79 Å². The first-order valence-electron chi connectivity index (χ1n) is 11.6. The van der Waals surface area contributed by atoms with Gasteiger partial charge in [-0.2, -0.15) is 0 Å². The number of Topliss-reactive ketones (excluding diaryl/α,β-unsaturated/α-hetero) is 1. The molecule has 3 aromatic carbocycles. The Kier molecular flexibility index (Phi) is 6.70. The van der Waals surface area contributed by atoms with Gasteiger partial charge in [0, 0.05) is 16.5 Å². The Balaban J connectivity index is 1.61. The number of hydrogen-bond donors (Lipinski definition) is 0. The molecule has 4 rings (SSSR count). The third-order valence-electron chi connectivity index (χ3n) is 6.01. The maximum atomic E-state index is 13.3. The van der Waals surface area contributed by atoms with Crippen molar-refractivity contribution in [3.05, 3.63) is 95.6 Å². The van der Waals surface area contributed by atoms with Crippen LogP contribution in [0.1, 0.15) is 54.0 Å². The third kappa shape index (κ3) is 5.24. The molecule has 1 heterocycles. The van der Waals surface area contributed by atoms with E-state index >= 15 is 0 Å². The van der Waals surface area contributed by atoms with Crippen LogP contribution in [0.4, 0.5) is 0 Å². The molecule has 0 aliphatic carbocycles. The average Bonchev–Trinajstić information content (AvgIpc) is 2.87. The van der Waals surface area contributed by atoms with Gasteiger partial charge in [0.15, 0.2) is 6.10 Å². The van der Waals surface area contributed by atoms with Gasteiger partial charge >= 0.3 is 5.97 Å². The number of hydrogen-bond acceptors (Lipinski definition) is 5. The number of ketones is 1. The van der Waals surface area contributed by atoms with Gasteiger partial charge < -0.3 is 9.47 Å². The number of nitrogens with zero attached hydrogens (tertiary/aromatic N) is 1. The van der Waals surface area contributed by atoms with Crippen LogP contribution >= 0.6 is 0 Å². The number of ether oxygens (including phenoxy) is 2. The van der Waals surface area contributed by atoms with Crippen molar-refractivity contribution >= 4 is 22.7 Å². The Labute approximate surface area is 205 Å². The van der Waals surface area contributed by atoms with Crippen molar-refractivity contribution in [3.63, 3.8) is 0 Å². The number of para-hydroxylation sites is 1. The molecule has 4 aromatic rings. The molecule has 0 aliphatic heterocycles. The summed E-state index contributed by atoms with van der Waals surface area (Å²) in [5.41, 5.74) is 4.14. The number of fused-ring (bicyclic) bond motifs is 1. The van der Waals surface area contributed by atoms with E-state index in [2.05, 4.69) is 20.8 Å². The fraction of sp³-hybridized carbons (Fsp3) is 0.233. The Hall–Kier alpha value is -3.99. The molecule has 5 nitrogen and oxygen atoms in total. The minimum Gasteiger partial charge on any atom is -0.497 e. The Bertz CT molecular complexity index is 1370. The zero-order chi connectivity index (χ0) is 25.2. The molecule has 1 aromatic heterocycles. The molecule has 0 bridgehead atoms. The lowest BCUT2D eigenvalue weighted by Gasteiger charge is -2.19. The number of carbonyl (C=O) groups is 2. The predicted octanol–water partition coefficient (Wildman–Crippen LogP) is 6.64. The van der Waals surface area contributed by atoms with Crippen LogP contribution in [-0.2, 0) is 10.2 Å². The summed E-state index contributed by atoms with van der Waals surface area (Å²) in [6.45, 7) is 7.96. The molecule has 0 radical (unpaired) electrons. The number of aromatic nitrogens is 1. The number of pyridine rings is 1. The first kappa shape index (κ1) is 24.1. The number of esters is 1. The Morgan fingerprint density at radius 3 is 2.17 bits per heavy atom. The molecule has 0 N–H and O–H groups in total. The highest BCUT2D eigenvalue weighted by Crippen LogP contribution is 2.27. The van der Waals surface area contributed by atoms with Crippen LogP contribution in [0.5, 0.6) is 5.75 Å². The van der Waals surface area contributed by atoms with E-state index < -0.39 is 12.1 Å². The highest BCUT2D eigenvalue weighted by atomic mass is 16.5. The summed E-state index contributed by atoms with van der Waals surface area (Å²) >= 11 is 0. The number of methoxy groups -OCH3 is 1. The third-order valence-corrected chi connectivity index (χ3v) is 6.01. The molecule has 0 saturated heterocycles. The fourth-order valence-corrected chi connectivity index (χ4v) is 3.90. The first-order chi connectivity index (χ1) is 16.7. The van der Waals surface area contributed by atoms with E-state index in [1.54, 1.807) is 32.2 Å². The number of benzene rings is 3. The van der Waals surface area contributed by atoms with Crippen LogP contribution in [0.3, 0.4) is 0 Å². The van der Waals surface area contributed by atoms with Gasteiger partial charge in [-0.05, 0) is 54.3 Å². The number of rotatable bonds is 6. The highest BCUT2D eigenvalue weighted by molar-refractivity contribution is 6.06. The summed E-state index contributed by atoms with van der Waals surface area (Å²) in [6, 6.07) is 24.0. The van der Waals surface area contributed by atoms with Crippen molar-refractivity contribution in [1.29, 1.82) is 0 Å². The molecule has 1 atom stereocenters. The van der Waals surface area contributed by atoms with E-state index in [-0.39, 0.29) is 11.2 Å². The molecule has 0 amide bonds. The van der Waals surface area contributed by atoms with Crippen LogP contribution in [-0.4, -0.2) is 30.0 Å². The zero-order valence-corrected chi connectivity index (χ0v) is 20.7. The van der Waals surface area contributed by atoms with Gasteiger partial charge in [0.2, 0.25) is 5.78 Å². The van der Waals surface area contributed by atoms with Crippen molar-refractivity contribution in [2.45, 2.75) is 39.2 Å². The summed E-state index contributed by atoms with van der Waals surface area (Å²) in [7, 11) is 1.61. The molecule has 0 unspecified atom stereocenters. The van der Waals surface area contributed by atoms with Crippen molar-refractivity contribution in [2.24, 2.45) is 0 Å². The molecule has 0 saturated carbocycles. The minimum absolute atomic E-state index is 0.0103. The van der Waals surface area contributed by atoms with Gasteiger partial charge in [-0.15, -0.1) is 0 Å². The lowest BCUT2D eigenvalue weighted by atomic mass is 9.86. The maximum Gasteiger partial charge on any atom is 0.339 e.